The summed E-state index contributed by atoms with van der Waals surface area (Å²) in [5.41, 5.74) is 1.65. The van der Waals surface area contributed by atoms with E-state index in [1.165, 1.54) is 16.4 Å². The first kappa shape index (κ1) is 19.2. The topological polar surface area (TPSA) is 83.8 Å². The summed E-state index contributed by atoms with van der Waals surface area (Å²) in [6, 6.07) is 8.61. The number of nitrogens with zero attached hydrogens (tertiary/aromatic N) is 3. The first-order valence-electron chi connectivity index (χ1n) is 8.46. The number of hydrogen-bond donors (Lipinski definition) is 0. The Morgan fingerprint density at radius 3 is 2.30 bits per heavy atom. The number of sulfonamides is 1. The van der Waals surface area contributed by atoms with Gasteiger partial charge in [-0.2, -0.15) is 4.31 Å². The van der Waals surface area contributed by atoms with Gasteiger partial charge in [0.2, 0.25) is 10.0 Å². The van der Waals surface area contributed by atoms with Crippen LogP contribution in [-0.4, -0.2) is 43.8 Å². The fraction of sp³-hybridized carbons (Fsp3) is 0.333. The van der Waals surface area contributed by atoms with Gasteiger partial charge >= 0.3 is 0 Å². The smallest absolute Gasteiger partial charge is 0.295 e. The summed E-state index contributed by atoms with van der Waals surface area (Å²) in [5.74, 6) is -0.679. The second-order valence-electron chi connectivity index (χ2n) is 6.55. The third-order valence-electron chi connectivity index (χ3n) is 4.66. The summed E-state index contributed by atoms with van der Waals surface area (Å²) < 4.78 is 40.6. The molecule has 0 aromatic heterocycles. The summed E-state index contributed by atoms with van der Waals surface area (Å²) in [6.07, 6.45) is 0. The van der Waals surface area contributed by atoms with E-state index in [-0.39, 0.29) is 36.8 Å². The predicted molar refractivity (Wildman–Crippen MR) is 99.9 cm³/mol. The molecule has 0 unspecified atom stereocenters. The second-order valence-corrected chi connectivity index (χ2v) is 8.46. The molecule has 7 nitrogen and oxygen atoms in total. The van der Waals surface area contributed by atoms with E-state index in [1.807, 2.05) is 13.0 Å². The van der Waals surface area contributed by atoms with Gasteiger partial charge in [-0.25, -0.2) is 12.8 Å². The lowest BCUT2D eigenvalue weighted by molar-refractivity contribution is -0.384. The van der Waals surface area contributed by atoms with Crippen molar-refractivity contribution in [2.75, 3.05) is 31.1 Å². The van der Waals surface area contributed by atoms with Gasteiger partial charge in [0.25, 0.3) is 5.69 Å². The zero-order chi connectivity index (χ0) is 19.8. The summed E-state index contributed by atoms with van der Waals surface area (Å²) in [6.45, 7) is 4.64. The normalized spacial score (nSPS) is 15.7. The average molecular weight is 393 g/mol. The summed E-state index contributed by atoms with van der Waals surface area (Å²) in [4.78, 5) is 12.6. The molecule has 1 aliphatic rings. The van der Waals surface area contributed by atoms with Crippen molar-refractivity contribution in [3.63, 3.8) is 0 Å². The van der Waals surface area contributed by atoms with Crippen molar-refractivity contribution in [2.45, 2.75) is 18.7 Å². The number of piperazine rings is 1. The van der Waals surface area contributed by atoms with Crippen molar-refractivity contribution in [1.29, 1.82) is 0 Å². The highest BCUT2D eigenvalue weighted by molar-refractivity contribution is 7.89. The molecule has 2 aromatic rings. The predicted octanol–water partition coefficient (Wildman–Crippen LogP) is 2.86. The molecule has 1 fully saturated rings. The molecule has 0 N–H and O–H groups in total. The largest absolute Gasteiger partial charge is 0.363 e. The van der Waals surface area contributed by atoms with Gasteiger partial charge < -0.3 is 4.90 Å². The molecular weight excluding hydrogens is 373 g/mol. The molecule has 1 heterocycles. The van der Waals surface area contributed by atoms with Crippen LogP contribution < -0.4 is 4.90 Å². The van der Waals surface area contributed by atoms with Crippen LogP contribution in [0.3, 0.4) is 0 Å². The van der Waals surface area contributed by atoms with Crippen LogP contribution >= 0.6 is 0 Å². The van der Waals surface area contributed by atoms with E-state index in [1.54, 1.807) is 24.0 Å². The number of hydrogen-bond acceptors (Lipinski definition) is 5. The van der Waals surface area contributed by atoms with Crippen molar-refractivity contribution < 1.29 is 17.7 Å². The van der Waals surface area contributed by atoms with Gasteiger partial charge in [0.05, 0.1) is 15.9 Å². The minimum absolute atomic E-state index is 0.199. The molecule has 1 saturated heterocycles. The van der Waals surface area contributed by atoms with Crippen LogP contribution in [0.15, 0.2) is 41.3 Å². The molecule has 0 bridgehead atoms. The number of rotatable bonds is 4. The Morgan fingerprint density at radius 1 is 1.04 bits per heavy atom. The molecule has 0 aliphatic carbocycles. The lowest BCUT2D eigenvalue weighted by Crippen LogP contribution is -2.48. The minimum atomic E-state index is -3.64. The van der Waals surface area contributed by atoms with Crippen molar-refractivity contribution in [3.8, 4) is 0 Å². The van der Waals surface area contributed by atoms with Gasteiger partial charge in [-0.1, -0.05) is 17.7 Å². The van der Waals surface area contributed by atoms with E-state index < -0.39 is 20.8 Å². The van der Waals surface area contributed by atoms with Gasteiger partial charge in [0.15, 0.2) is 0 Å². The molecule has 2 aromatic carbocycles. The first-order chi connectivity index (χ1) is 12.7. The maximum absolute atomic E-state index is 13.3. The number of anilines is 1. The number of benzene rings is 2. The summed E-state index contributed by atoms with van der Waals surface area (Å²) in [7, 11) is -3.64. The maximum Gasteiger partial charge on any atom is 0.295 e. The molecule has 0 atom stereocenters. The highest BCUT2D eigenvalue weighted by atomic mass is 32.2. The molecule has 144 valence electrons. The molecule has 0 amide bonds. The number of halogens is 1. The summed E-state index contributed by atoms with van der Waals surface area (Å²) >= 11 is 0. The third kappa shape index (κ3) is 3.79. The molecule has 0 radical (unpaired) electrons. The average Bonchev–Trinajstić information content (AvgIpc) is 2.61. The first-order valence-corrected chi connectivity index (χ1v) is 9.90. The number of aryl methyl sites for hydroxylation is 2. The van der Waals surface area contributed by atoms with Crippen LogP contribution in [0, 0.1) is 29.8 Å². The van der Waals surface area contributed by atoms with Crippen LogP contribution in [-0.2, 0) is 10.0 Å². The number of nitro benzene ring substituents is 1. The van der Waals surface area contributed by atoms with Crippen LogP contribution in [0.4, 0.5) is 15.8 Å². The zero-order valence-electron chi connectivity index (χ0n) is 15.1. The second kappa shape index (κ2) is 7.24. The van der Waals surface area contributed by atoms with E-state index in [0.29, 0.717) is 11.3 Å². The Kier molecular flexibility index (Phi) is 5.16. The highest BCUT2D eigenvalue weighted by Crippen LogP contribution is 2.30. The molecule has 1 aliphatic heterocycles. The van der Waals surface area contributed by atoms with Gasteiger partial charge in [0.1, 0.15) is 11.5 Å². The molecule has 0 saturated carbocycles. The molecule has 27 heavy (non-hydrogen) atoms. The quantitative estimate of drug-likeness (QED) is 0.589. The minimum Gasteiger partial charge on any atom is -0.363 e. The lowest BCUT2D eigenvalue weighted by Gasteiger charge is -2.35. The van der Waals surface area contributed by atoms with Crippen LogP contribution in [0.2, 0.25) is 0 Å². The lowest BCUT2D eigenvalue weighted by atomic mass is 10.2. The third-order valence-corrected chi connectivity index (χ3v) is 6.72. The van der Waals surface area contributed by atoms with E-state index in [0.717, 1.165) is 11.6 Å². The standard InChI is InChI=1S/C18H20FN3O4S/c1-13-3-6-18(14(2)11-13)27(25,26)21-9-7-20(8-10-21)16-5-4-15(19)12-17(16)22(23)24/h3-6,11-12H,7-10H2,1-2H3. The van der Waals surface area contributed by atoms with E-state index in [2.05, 4.69) is 0 Å². The van der Waals surface area contributed by atoms with E-state index >= 15 is 0 Å². The maximum atomic E-state index is 13.3. The monoisotopic (exact) mass is 393 g/mol. The van der Waals surface area contributed by atoms with Gasteiger partial charge in [-0.15, -0.1) is 0 Å². The van der Waals surface area contributed by atoms with Gasteiger partial charge in [-0.05, 0) is 37.6 Å². The van der Waals surface area contributed by atoms with Crippen LogP contribution in [0.25, 0.3) is 0 Å². The molecule has 3 rings (SSSR count). The number of nitro groups is 1. The van der Waals surface area contributed by atoms with Gasteiger partial charge in [0, 0.05) is 26.2 Å². The van der Waals surface area contributed by atoms with Crippen molar-refractivity contribution in [2.24, 2.45) is 0 Å². The highest BCUT2D eigenvalue weighted by Gasteiger charge is 2.31. The SMILES string of the molecule is Cc1ccc(S(=O)(=O)N2CCN(c3ccc(F)cc3[N+](=O)[O-])CC2)c(C)c1. The fourth-order valence-electron chi connectivity index (χ4n) is 3.31. The molecule has 9 heteroatoms. The van der Waals surface area contributed by atoms with Crippen molar-refractivity contribution in [1.82, 2.24) is 4.31 Å². The van der Waals surface area contributed by atoms with Crippen LogP contribution in [0.5, 0.6) is 0 Å². The zero-order valence-corrected chi connectivity index (χ0v) is 15.9. The Morgan fingerprint density at radius 2 is 1.70 bits per heavy atom. The summed E-state index contributed by atoms with van der Waals surface area (Å²) in [5, 5.41) is 11.2. The Labute approximate surface area is 157 Å². The van der Waals surface area contributed by atoms with Gasteiger partial charge in [-0.3, -0.25) is 10.1 Å². The Balaban J connectivity index is 1.80. The van der Waals surface area contributed by atoms with Crippen LogP contribution in [0.1, 0.15) is 11.1 Å². The van der Waals surface area contributed by atoms with Crippen molar-refractivity contribution in [3.05, 3.63) is 63.5 Å². The van der Waals surface area contributed by atoms with E-state index in [9.17, 15) is 22.9 Å². The molecular formula is C18H20FN3O4S. The van der Waals surface area contributed by atoms with Crippen molar-refractivity contribution >= 4 is 21.4 Å². The Bertz CT molecular complexity index is 986. The fourth-order valence-corrected chi connectivity index (χ4v) is 4.94. The Hall–Kier alpha value is -2.52. The molecule has 0 spiro atoms. The van der Waals surface area contributed by atoms with E-state index in [4.69, 9.17) is 0 Å².